The largest absolute Gasteiger partial charge is 0.391 e. The van der Waals surface area contributed by atoms with Gasteiger partial charge in [-0.25, -0.2) is 0 Å². The van der Waals surface area contributed by atoms with E-state index in [1.165, 1.54) is 0 Å². The summed E-state index contributed by atoms with van der Waals surface area (Å²) in [6, 6.07) is 0. The van der Waals surface area contributed by atoms with Crippen molar-refractivity contribution in [3.05, 3.63) is 0 Å². The first kappa shape index (κ1) is 7.98. The topological polar surface area (TPSA) is 38.7 Å². The Kier molecular flexibility index (Phi) is 2.65. The summed E-state index contributed by atoms with van der Waals surface area (Å²) >= 11 is 0. The van der Waals surface area contributed by atoms with Crippen molar-refractivity contribution in [1.82, 2.24) is 0 Å². The van der Waals surface area contributed by atoms with Crippen LogP contribution in [0.1, 0.15) is 19.8 Å². The predicted octanol–water partition coefficient (Wildman–Crippen LogP) is 0.522. The minimum atomic E-state index is -0.682. The first-order chi connectivity index (χ1) is 4.83. The predicted molar refractivity (Wildman–Crippen MR) is 36.6 cm³/mol. The highest BCUT2D eigenvalue weighted by atomic mass is 16.7. The second-order valence-electron chi connectivity index (χ2n) is 2.47. The Balaban J connectivity index is 2.44. The molecule has 0 aliphatic carbocycles. The molecule has 3 heteroatoms. The van der Waals surface area contributed by atoms with E-state index in [0.717, 1.165) is 6.42 Å². The summed E-state index contributed by atoms with van der Waals surface area (Å²) in [5.41, 5.74) is 0. The molecule has 0 aromatic heterocycles. The lowest BCUT2D eigenvalue weighted by Gasteiger charge is -2.34. The van der Waals surface area contributed by atoms with Crippen LogP contribution in [0.2, 0.25) is 0 Å². The zero-order valence-corrected chi connectivity index (χ0v) is 6.30. The van der Waals surface area contributed by atoms with Gasteiger partial charge in [0, 0.05) is 6.42 Å². The van der Waals surface area contributed by atoms with Crippen molar-refractivity contribution in [2.24, 2.45) is 0 Å². The third kappa shape index (κ3) is 1.48. The van der Waals surface area contributed by atoms with Gasteiger partial charge in [0.1, 0.15) is 0 Å². The van der Waals surface area contributed by atoms with Gasteiger partial charge < -0.3 is 14.6 Å². The summed E-state index contributed by atoms with van der Waals surface area (Å²) in [6.07, 6.45) is 1.64. The molecule has 0 bridgehead atoms. The van der Waals surface area contributed by atoms with E-state index in [1.54, 1.807) is 0 Å². The van der Waals surface area contributed by atoms with Crippen molar-refractivity contribution in [3.8, 4) is 0 Å². The molecule has 0 radical (unpaired) electrons. The molecule has 60 valence electrons. The molecule has 0 atom stereocenters. The van der Waals surface area contributed by atoms with Crippen LogP contribution >= 0.6 is 0 Å². The zero-order chi connectivity index (χ0) is 7.45. The van der Waals surface area contributed by atoms with Crippen LogP contribution in [0.25, 0.3) is 0 Å². The van der Waals surface area contributed by atoms with E-state index in [9.17, 15) is 0 Å². The molecule has 0 unspecified atom stereocenters. The summed E-state index contributed by atoms with van der Waals surface area (Å²) in [5, 5.41) is 8.89. The average Bonchev–Trinajstić information content (AvgIpc) is 2.06. The first-order valence-corrected chi connectivity index (χ1v) is 3.72. The molecular weight excluding hydrogens is 132 g/mol. The third-order valence-corrected chi connectivity index (χ3v) is 1.80. The molecule has 1 N–H and O–H groups in total. The summed E-state index contributed by atoms with van der Waals surface area (Å²) in [5.74, 6) is -0.682. The molecular formula is C7H14O3. The van der Waals surface area contributed by atoms with Gasteiger partial charge in [-0.15, -0.1) is 0 Å². The van der Waals surface area contributed by atoms with Crippen LogP contribution in [0.3, 0.4) is 0 Å². The maximum Gasteiger partial charge on any atom is 0.191 e. The fourth-order valence-corrected chi connectivity index (χ4v) is 1.02. The molecule has 3 nitrogen and oxygen atoms in total. The summed E-state index contributed by atoms with van der Waals surface area (Å²) in [7, 11) is 0. The minimum absolute atomic E-state index is 0.0382. The fraction of sp³-hybridized carbons (Fsp3) is 1.00. The maximum absolute atomic E-state index is 8.89. The number of aliphatic hydroxyl groups is 1. The molecule has 1 fully saturated rings. The molecule has 0 aromatic carbocycles. The summed E-state index contributed by atoms with van der Waals surface area (Å²) in [6.45, 7) is 3.31. The number of hydrogen-bond donors (Lipinski definition) is 1. The summed E-state index contributed by atoms with van der Waals surface area (Å²) < 4.78 is 10.6. The molecule has 1 aliphatic heterocycles. The van der Waals surface area contributed by atoms with E-state index in [0.29, 0.717) is 19.6 Å². The number of rotatable bonds is 2. The van der Waals surface area contributed by atoms with Crippen LogP contribution in [-0.4, -0.2) is 30.7 Å². The minimum Gasteiger partial charge on any atom is -0.391 e. The van der Waals surface area contributed by atoms with E-state index in [-0.39, 0.29) is 6.61 Å². The van der Waals surface area contributed by atoms with Crippen LogP contribution in [0, 0.1) is 0 Å². The summed E-state index contributed by atoms with van der Waals surface area (Å²) in [4.78, 5) is 0. The standard InChI is InChI=1S/C7H14O3/c1-2-7(6-8)9-4-3-5-10-7/h8H,2-6H2,1H3. The second kappa shape index (κ2) is 3.32. The Bertz CT molecular complexity index is 91.0. The van der Waals surface area contributed by atoms with Crippen molar-refractivity contribution in [1.29, 1.82) is 0 Å². The fourth-order valence-electron chi connectivity index (χ4n) is 1.02. The average molecular weight is 146 g/mol. The van der Waals surface area contributed by atoms with Crippen molar-refractivity contribution in [3.63, 3.8) is 0 Å². The number of ether oxygens (including phenoxy) is 2. The Labute approximate surface area is 60.9 Å². The van der Waals surface area contributed by atoms with Gasteiger partial charge in [0.2, 0.25) is 0 Å². The number of aliphatic hydroxyl groups excluding tert-OH is 1. The van der Waals surface area contributed by atoms with E-state index in [1.807, 2.05) is 6.92 Å². The first-order valence-electron chi connectivity index (χ1n) is 3.72. The van der Waals surface area contributed by atoms with Crippen LogP contribution in [0.4, 0.5) is 0 Å². The van der Waals surface area contributed by atoms with E-state index in [2.05, 4.69) is 0 Å². The van der Waals surface area contributed by atoms with E-state index >= 15 is 0 Å². The maximum atomic E-state index is 8.89. The zero-order valence-electron chi connectivity index (χ0n) is 6.30. The molecule has 0 amide bonds. The lowest BCUT2D eigenvalue weighted by Crippen LogP contribution is -2.43. The SMILES string of the molecule is CCC1(CO)OCCCO1. The Morgan fingerprint density at radius 2 is 2.00 bits per heavy atom. The van der Waals surface area contributed by atoms with Crippen LogP contribution in [0.5, 0.6) is 0 Å². The van der Waals surface area contributed by atoms with Gasteiger partial charge in [-0.1, -0.05) is 6.92 Å². The van der Waals surface area contributed by atoms with Crippen molar-refractivity contribution in [2.75, 3.05) is 19.8 Å². The number of hydrogen-bond acceptors (Lipinski definition) is 3. The molecule has 1 saturated heterocycles. The van der Waals surface area contributed by atoms with Crippen LogP contribution < -0.4 is 0 Å². The molecule has 10 heavy (non-hydrogen) atoms. The van der Waals surface area contributed by atoms with Crippen molar-refractivity contribution < 1.29 is 14.6 Å². The van der Waals surface area contributed by atoms with Gasteiger partial charge in [0.05, 0.1) is 19.8 Å². The quantitative estimate of drug-likeness (QED) is 0.617. The van der Waals surface area contributed by atoms with Gasteiger partial charge in [0.25, 0.3) is 0 Å². The Morgan fingerprint density at radius 3 is 2.30 bits per heavy atom. The van der Waals surface area contributed by atoms with Crippen LogP contribution in [0.15, 0.2) is 0 Å². The molecule has 0 aromatic rings. The lowest BCUT2D eigenvalue weighted by molar-refractivity contribution is -0.282. The lowest BCUT2D eigenvalue weighted by atomic mass is 10.2. The Morgan fingerprint density at radius 1 is 1.40 bits per heavy atom. The monoisotopic (exact) mass is 146 g/mol. The van der Waals surface area contributed by atoms with Crippen molar-refractivity contribution in [2.45, 2.75) is 25.6 Å². The normalized spacial score (nSPS) is 24.6. The van der Waals surface area contributed by atoms with Gasteiger partial charge in [-0.2, -0.15) is 0 Å². The van der Waals surface area contributed by atoms with Gasteiger partial charge in [-0.05, 0) is 6.42 Å². The van der Waals surface area contributed by atoms with Gasteiger partial charge in [0.15, 0.2) is 5.79 Å². The molecule has 1 heterocycles. The van der Waals surface area contributed by atoms with Gasteiger partial charge in [-0.3, -0.25) is 0 Å². The van der Waals surface area contributed by atoms with Crippen molar-refractivity contribution >= 4 is 0 Å². The van der Waals surface area contributed by atoms with E-state index in [4.69, 9.17) is 14.6 Å². The Hall–Kier alpha value is -0.120. The smallest absolute Gasteiger partial charge is 0.191 e. The highest BCUT2D eigenvalue weighted by Crippen LogP contribution is 2.21. The molecule has 0 spiro atoms. The second-order valence-corrected chi connectivity index (χ2v) is 2.47. The molecule has 0 saturated carbocycles. The van der Waals surface area contributed by atoms with E-state index < -0.39 is 5.79 Å². The highest BCUT2D eigenvalue weighted by molar-refractivity contribution is 4.69. The third-order valence-electron chi connectivity index (χ3n) is 1.80. The van der Waals surface area contributed by atoms with Gasteiger partial charge >= 0.3 is 0 Å². The molecule has 1 aliphatic rings. The van der Waals surface area contributed by atoms with Crippen LogP contribution in [-0.2, 0) is 9.47 Å². The highest BCUT2D eigenvalue weighted by Gasteiger charge is 2.31. The molecule has 1 rings (SSSR count).